The zero-order valence-electron chi connectivity index (χ0n) is 15.7. The molecule has 0 saturated heterocycles. The van der Waals surface area contributed by atoms with Crippen LogP contribution in [-0.2, 0) is 0 Å². The van der Waals surface area contributed by atoms with Gasteiger partial charge >= 0.3 is 5.97 Å². The number of aromatic carboxylic acids is 1. The molecule has 2 aromatic carbocycles. The molecule has 0 unspecified atom stereocenters. The number of benzene rings is 2. The third kappa shape index (κ3) is 4.05. The van der Waals surface area contributed by atoms with Gasteiger partial charge in [0.2, 0.25) is 0 Å². The van der Waals surface area contributed by atoms with Crippen molar-refractivity contribution in [1.82, 2.24) is 15.4 Å². The Morgan fingerprint density at radius 1 is 1.00 bits per heavy atom. The van der Waals surface area contributed by atoms with E-state index in [0.717, 1.165) is 5.56 Å². The number of pyridine rings is 2. The molecule has 0 atom stereocenters. The third-order valence-corrected chi connectivity index (χ3v) is 4.46. The number of hydrogen-bond acceptors (Lipinski definition) is 5. The first kappa shape index (κ1) is 18.9. The fourth-order valence-electron chi connectivity index (χ4n) is 2.96. The lowest BCUT2D eigenvalue weighted by molar-refractivity contribution is 0.0696. The largest absolute Gasteiger partial charge is 0.478 e. The highest BCUT2D eigenvalue weighted by Crippen LogP contribution is 2.24. The van der Waals surface area contributed by atoms with Crippen LogP contribution in [0.4, 0.5) is 0 Å². The summed E-state index contributed by atoms with van der Waals surface area (Å²) in [6, 6.07) is 19.0. The Morgan fingerprint density at radius 3 is 2.53 bits per heavy atom. The van der Waals surface area contributed by atoms with Crippen molar-refractivity contribution in [3.8, 4) is 11.3 Å². The van der Waals surface area contributed by atoms with Crippen LogP contribution >= 0.6 is 0 Å². The second kappa shape index (κ2) is 8.32. The summed E-state index contributed by atoms with van der Waals surface area (Å²) < 4.78 is 0. The summed E-state index contributed by atoms with van der Waals surface area (Å²) in [6.07, 6.45) is 4.82. The first-order valence-electron chi connectivity index (χ1n) is 9.09. The van der Waals surface area contributed by atoms with Crippen molar-refractivity contribution in [3.63, 3.8) is 0 Å². The second-order valence-corrected chi connectivity index (χ2v) is 6.44. The van der Waals surface area contributed by atoms with E-state index in [9.17, 15) is 9.59 Å². The van der Waals surface area contributed by atoms with Gasteiger partial charge in [-0.2, -0.15) is 5.10 Å². The molecule has 2 aromatic heterocycles. The average Bonchev–Trinajstić information content (AvgIpc) is 2.79. The van der Waals surface area contributed by atoms with E-state index in [1.807, 2.05) is 36.4 Å². The lowest BCUT2D eigenvalue weighted by Gasteiger charge is -2.08. The summed E-state index contributed by atoms with van der Waals surface area (Å²) in [7, 11) is 0. The number of amides is 1. The highest BCUT2D eigenvalue weighted by Gasteiger charge is 2.13. The maximum atomic E-state index is 12.8. The Balaban J connectivity index is 1.61. The van der Waals surface area contributed by atoms with Crippen molar-refractivity contribution >= 4 is 29.0 Å². The topological polar surface area (TPSA) is 105 Å². The van der Waals surface area contributed by atoms with Gasteiger partial charge in [0.1, 0.15) is 0 Å². The first-order valence-corrected chi connectivity index (χ1v) is 9.09. The molecule has 0 fully saturated rings. The average molecular weight is 396 g/mol. The van der Waals surface area contributed by atoms with Crippen molar-refractivity contribution in [2.75, 3.05) is 0 Å². The summed E-state index contributed by atoms with van der Waals surface area (Å²) in [5, 5.41) is 13.7. The van der Waals surface area contributed by atoms with Crippen molar-refractivity contribution in [2.45, 2.75) is 0 Å². The van der Waals surface area contributed by atoms with Gasteiger partial charge in [0.15, 0.2) is 0 Å². The fraction of sp³-hybridized carbons (Fsp3) is 0. The summed E-state index contributed by atoms with van der Waals surface area (Å²) in [6.45, 7) is 0. The molecular weight excluding hydrogens is 380 g/mol. The Morgan fingerprint density at radius 2 is 1.80 bits per heavy atom. The van der Waals surface area contributed by atoms with Crippen LogP contribution < -0.4 is 5.43 Å². The highest BCUT2D eigenvalue weighted by atomic mass is 16.4. The highest BCUT2D eigenvalue weighted by molar-refractivity contribution is 6.07. The molecule has 2 N–H and O–H groups in total. The minimum atomic E-state index is -0.999. The number of carbonyl (C=O) groups excluding carboxylic acids is 1. The zero-order valence-corrected chi connectivity index (χ0v) is 15.7. The molecule has 1 amide bonds. The maximum absolute atomic E-state index is 12.8. The first-order chi connectivity index (χ1) is 14.6. The molecular formula is C23H16N4O3. The van der Waals surface area contributed by atoms with E-state index >= 15 is 0 Å². The number of aromatic nitrogens is 2. The van der Waals surface area contributed by atoms with E-state index in [4.69, 9.17) is 5.11 Å². The number of para-hydroxylation sites is 1. The number of fused-ring (bicyclic) bond motifs is 1. The third-order valence-electron chi connectivity index (χ3n) is 4.46. The minimum absolute atomic E-state index is 0.183. The van der Waals surface area contributed by atoms with Gasteiger partial charge in [-0.1, -0.05) is 30.3 Å². The van der Waals surface area contributed by atoms with E-state index in [1.165, 1.54) is 18.3 Å². The summed E-state index contributed by atoms with van der Waals surface area (Å²) >= 11 is 0. The number of carboxylic acids is 1. The molecule has 0 aliphatic heterocycles. The molecule has 2 heterocycles. The number of nitrogens with one attached hydrogen (secondary N) is 1. The Labute approximate surface area is 171 Å². The number of rotatable bonds is 5. The lowest BCUT2D eigenvalue weighted by Crippen LogP contribution is -2.18. The van der Waals surface area contributed by atoms with Crippen LogP contribution in [0.1, 0.15) is 26.3 Å². The zero-order chi connectivity index (χ0) is 20.9. The van der Waals surface area contributed by atoms with Gasteiger partial charge in [-0.3, -0.25) is 9.78 Å². The van der Waals surface area contributed by atoms with Crippen LogP contribution in [0.3, 0.4) is 0 Å². The van der Waals surface area contributed by atoms with Crippen molar-refractivity contribution in [1.29, 1.82) is 0 Å². The van der Waals surface area contributed by atoms with Gasteiger partial charge in [-0.25, -0.2) is 15.2 Å². The Kier molecular flexibility index (Phi) is 5.25. The quantitative estimate of drug-likeness (QED) is 0.395. The molecule has 0 radical (unpaired) electrons. The van der Waals surface area contributed by atoms with Gasteiger partial charge in [0.25, 0.3) is 5.91 Å². The van der Waals surface area contributed by atoms with Crippen molar-refractivity contribution in [3.05, 3.63) is 95.8 Å². The smallest absolute Gasteiger partial charge is 0.335 e. The van der Waals surface area contributed by atoms with E-state index < -0.39 is 5.97 Å². The summed E-state index contributed by atoms with van der Waals surface area (Å²) in [5.41, 5.74) is 5.95. The molecule has 30 heavy (non-hydrogen) atoms. The van der Waals surface area contributed by atoms with Gasteiger partial charge in [0, 0.05) is 23.3 Å². The van der Waals surface area contributed by atoms with E-state index in [1.54, 1.807) is 30.6 Å². The molecule has 0 saturated carbocycles. The van der Waals surface area contributed by atoms with Gasteiger partial charge in [0.05, 0.1) is 28.6 Å². The maximum Gasteiger partial charge on any atom is 0.335 e. The predicted octanol–water partition coefficient (Wildman–Crippen LogP) is 3.76. The van der Waals surface area contributed by atoms with Gasteiger partial charge < -0.3 is 5.11 Å². The van der Waals surface area contributed by atoms with Crippen LogP contribution in [0.2, 0.25) is 0 Å². The van der Waals surface area contributed by atoms with Crippen LogP contribution in [0.5, 0.6) is 0 Å². The number of nitrogens with zero attached hydrogens (tertiary/aromatic N) is 3. The number of hydrazone groups is 1. The SMILES string of the molecule is O=C(O)c1ccc(/C=N\NC(=O)c2cc(-c3cccnc3)nc3ccccc23)cc1. The molecule has 0 bridgehead atoms. The Hall–Kier alpha value is -4.39. The summed E-state index contributed by atoms with van der Waals surface area (Å²) in [5.74, 6) is -1.38. The van der Waals surface area contributed by atoms with Crippen LogP contribution in [-0.4, -0.2) is 33.2 Å². The molecule has 146 valence electrons. The molecule has 7 nitrogen and oxygen atoms in total. The van der Waals surface area contributed by atoms with Crippen LogP contribution in [0.25, 0.3) is 22.2 Å². The molecule has 0 aliphatic rings. The summed E-state index contributed by atoms with van der Waals surface area (Å²) in [4.78, 5) is 32.5. The fourth-order valence-corrected chi connectivity index (χ4v) is 2.96. The number of carbonyl (C=O) groups is 2. The van der Waals surface area contributed by atoms with Gasteiger partial charge in [-0.05, 0) is 42.0 Å². The molecule has 0 spiro atoms. The van der Waals surface area contributed by atoms with E-state index in [2.05, 4.69) is 20.5 Å². The normalized spacial score (nSPS) is 10.9. The molecule has 7 heteroatoms. The molecule has 4 aromatic rings. The Bertz CT molecular complexity index is 1250. The number of carboxylic acid groups (broad SMARTS) is 1. The number of hydrogen-bond donors (Lipinski definition) is 2. The van der Waals surface area contributed by atoms with Crippen LogP contribution in [0.15, 0.2) is 84.2 Å². The standard InChI is InChI=1S/C23H16N4O3/c28-22(27-25-13-15-7-9-16(10-8-15)23(29)30)19-12-21(17-4-3-11-24-14-17)26-20-6-2-1-5-18(19)20/h1-14H,(H,27,28)(H,29,30)/b25-13-. The monoisotopic (exact) mass is 396 g/mol. The van der Waals surface area contributed by atoms with E-state index in [0.29, 0.717) is 27.7 Å². The van der Waals surface area contributed by atoms with E-state index in [-0.39, 0.29) is 11.5 Å². The second-order valence-electron chi connectivity index (χ2n) is 6.44. The van der Waals surface area contributed by atoms with Crippen molar-refractivity contribution in [2.24, 2.45) is 5.10 Å². The predicted molar refractivity (Wildman–Crippen MR) is 113 cm³/mol. The van der Waals surface area contributed by atoms with Crippen LogP contribution in [0, 0.1) is 0 Å². The molecule has 4 rings (SSSR count). The van der Waals surface area contributed by atoms with Gasteiger partial charge in [-0.15, -0.1) is 0 Å². The molecule has 0 aliphatic carbocycles. The van der Waals surface area contributed by atoms with Crippen molar-refractivity contribution < 1.29 is 14.7 Å². The lowest BCUT2D eigenvalue weighted by atomic mass is 10.0. The minimum Gasteiger partial charge on any atom is -0.478 e.